The Balaban J connectivity index is 1.03. The summed E-state index contributed by atoms with van der Waals surface area (Å²) in [5.41, 5.74) is 2.81. The molecule has 2 aromatic carbocycles. The Bertz CT molecular complexity index is 1470. The van der Waals surface area contributed by atoms with E-state index in [1.165, 1.54) is 18.0 Å². The van der Waals surface area contributed by atoms with Crippen LogP contribution in [0.3, 0.4) is 0 Å². The molecule has 4 heterocycles. The second-order valence-corrected chi connectivity index (χ2v) is 10.7. The van der Waals surface area contributed by atoms with E-state index < -0.39 is 0 Å². The van der Waals surface area contributed by atoms with Crippen molar-refractivity contribution in [3.8, 4) is 0 Å². The number of likely N-dealkylation sites (tertiary alicyclic amines) is 2. The highest BCUT2D eigenvalue weighted by Crippen LogP contribution is 2.35. The van der Waals surface area contributed by atoms with Crippen molar-refractivity contribution in [3.63, 3.8) is 0 Å². The van der Waals surface area contributed by atoms with Crippen molar-refractivity contribution < 1.29 is 9.18 Å². The molecule has 1 amide bonds. The Hall–Kier alpha value is -2.94. The first-order chi connectivity index (χ1) is 18.0. The first kappa shape index (κ1) is 24.4. The molecule has 0 saturated carbocycles. The lowest BCUT2D eigenvalue weighted by Gasteiger charge is -2.36. The van der Waals surface area contributed by atoms with E-state index in [2.05, 4.69) is 25.2 Å². The van der Waals surface area contributed by atoms with E-state index in [1.807, 2.05) is 17.2 Å². The average Bonchev–Trinajstić information content (AvgIpc) is 3.56. The number of H-pyrrole nitrogens is 1. The first-order valence-electron chi connectivity index (χ1n) is 12.6. The predicted octanol–water partition coefficient (Wildman–Crippen LogP) is 5.45. The van der Waals surface area contributed by atoms with Crippen molar-refractivity contribution in [2.45, 2.75) is 31.2 Å². The zero-order chi connectivity index (χ0) is 25.5. The Labute approximate surface area is 224 Å². The van der Waals surface area contributed by atoms with Crippen molar-refractivity contribution in [2.24, 2.45) is 0 Å². The number of carbonyl (C=O) groups excluding carboxylic acids is 1. The van der Waals surface area contributed by atoms with Crippen molar-refractivity contribution >= 4 is 56.7 Å². The van der Waals surface area contributed by atoms with Gasteiger partial charge in [0.15, 0.2) is 0 Å². The van der Waals surface area contributed by atoms with Crippen molar-refractivity contribution in [1.82, 2.24) is 24.8 Å². The number of fused-ring (bicyclic) bond motifs is 2. The van der Waals surface area contributed by atoms with Crippen LogP contribution in [0.15, 0.2) is 42.9 Å². The maximum Gasteiger partial charge on any atom is 0.241 e. The third-order valence-corrected chi connectivity index (χ3v) is 8.48. The Morgan fingerprint density at radius 3 is 2.70 bits per heavy atom. The molecular weight excluding hydrogens is 514 g/mol. The molecule has 37 heavy (non-hydrogen) atoms. The zero-order valence-electron chi connectivity index (χ0n) is 20.2. The minimum absolute atomic E-state index is 0.0511. The number of benzene rings is 2. The maximum atomic E-state index is 13.6. The van der Waals surface area contributed by atoms with Crippen molar-refractivity contribution in [2.75, 3.05) is 38.0 Å². The van der Waals surface area contributed by atoms with E-state index in [0.29, 0.717) is 33.3 Å². The molecule has 7 nitrogen and oxygen atoms in total. The van der Waals surface area contributed by atoms with Gasteiger partial charge in [0.05, 0.1) is 22.1 Å². The average molecular weight is 541 g/mol. The van der Waals surface area contributed by atoms with Gasteiger partial charge >= 0.3 is 0 Å². The molecule has 2 aliphatic rings. The van der Waals surface area contributed by atoms with Crippen LogP contribution in [0.1, 0.15) is 30.7 Å². The number of amides is 1. The first-order valence-corrected chi connectivity index (χ1v) is 13.3. The van der Waals surface area contributed by atoms with Gasteiger partial charge in [-0.25, -0.2) is 14.4 Å². The quantitative estimate of drug-likeness (QED) is 0.352. The molecule has 2 N–H and O–H groups in total. The third kappa shape index (κ3) is 4.85. The molecule has 192 valence electrons. The molecule has 4 aromatic rings. The number of anilines is 1. The summed E-state index contributed by atoms with van der Waals surface area (Å²) < 4.78 is 13.6. The molecule has 1 unspecified atom stereocenters. The van der Waals surface area contributed by atoms with Gasteiger partial charge < -0.3 is 15.2 Å². The summed E-state index contributed by atoms with van der Waals surface area (Å²) in [5, 5.41) is 5.86. The minimum Gasteiger partial charge on any atom is -0.361 e. The maximum absolute atomic E-state index is 13.6. The molecule has 2 aliphatic heterocycles. The van der Waals surface area contributed by atoms with Crippen molar-refractivity contribution in [3.05, 3.63) is 64.3 Å². The number of halogens is 3. The summed E-state index contributed by atoms with van der Waals surface area (Å²) in [6, 6.07) is 8.77. The number of rotatable bonds is 5. The number of hydrogen-bond donors (Lipinski definition) is 2. The fourth-order valence-corrected chi connectivity index (χ4v) is 6.09. The summed E-state index contributed by atoms with van der Waals surface area (Å²) in [6.07, 6.45) is 6.58. The van der Waals surface area contributed by atoms with E-state index in [4.69, 9.17) is 23.2 Å². The van der Waals surface area contributed by atoms with Gasteiger partial charge in [0.25, 0.3) is 0 Å². The van der Waals surface area contributed by atoms with Gasteiger partial charge in [-0.3, -0.25) is 9.69 Å². The smallest absolute Gasteiger partial charge is 0.241 e. The van der Waals surface area contributed by atoms with Gasteiger partial charge in [-0.1, -0.05) is 23.2 Å². The van der Waals surface area contributed by atoms with Gasteiger partial charge in [-0.2, -0.15) is 0 Å². The third-order valence-electron chi connectivity index (χ3n) is 7.76. The monoisotopic (exact) mass is 540 g/mol. The molecule has 2 aromatic heterocycles. The van der Waals surface area contributed by atoms with E-state index in [9.17, 15) is 9.18 Å². The molecule has 0 aliphatic carbocycles. The Kier molecular flexibility index (Phi) is 6.65. The molecule has 2 saturated heterocycles. The lowest BCUT2D eigenvalue weighted by molar-refractivity contribution is -0.128. The number of aromatic amines is 1. The SMILES string of the molecule is O=C(CNc1ncnc2cc(Cl)c(Cl)cc12)N1CCC(N2CCC(c3c[nH]c4cc(F)ccc34)CC2)C1. The number of aromatic nitrogens is 3. The fraction of sp³-hybridized carbons (Fsp3) is 0.370. The molecule has 10 heteroatoms. The second-order valence-electron chi connectivity index (χ2n) is 9.89. The van der Waals surface area contributed by atoms with Crippen LogP contribution in [0.25, 0.3) is 21.8 Å². The highest BCUT2D eigenvalue weighted by atomic mass is 35.5. The van der Waals surface area contributed by atoms with Gasteiger partial charge in [-0.05, 0) is 74.2 Å². The summed E-state index contributed by atoms with van der Waals surface area (Å²) in [7, 11) is 0. The lowest BCUT2D eigenvalue weighted by Crippen LogP contribution is -2.43. The van der Waals surface area contributed by atoms with Crippen LogP contribution in [0.4, 0.5) is 10.2 Å². The summed E-state index contributed by atoms with van der Waals surface area (Å²) in [6.45, 7) is 3.65. The number of piperidine rings is 1. The van der Waals surface area contributed by atoms with Gasteiger partial charge in [-0.15, -0.1) is 0 Å². The molecule has 2 fully saturated rings. The predicted molar refractivity (Wildman–Crippen MR) is 145 cm³/mol. The van der Waals surface area contributed by atoms with Crippen LogP contribution < -0.4 is 5.32 Å². The Morgan fingerprint density at radius 2 is 1.86 bits per heavy atom. The van der Waals surface area contributed by atoms with E-state index in [1.54, 1.807) is 18.2 Å². The number of hydrogen-bond acceptors (Lipinski definition) is 5. The molecular formula is C27H27Cl2FN6O. The normalized spacial score (nSPS) is 19.2. The molecule has 0 bridgehead atoms. The van der Waals surface area contributed by atoms with Crippen molar-refractivity contribution in [1.29, 1.82) is 0 Å². The van der Waals surface area contributed by atoms with Gasteiger partial charge in [0, 0.05) is 41.6 Å². The number of carbonyl (C=O) groups is 1. The van der Waals surface area contributed by atoms with Crippen LogP contribution in [0, 0.1) is 5.82 Å². The highest BCUT2D eigenvalue weighted by Gasteiger charge is 2.33. The van der Waals surface area contributed by atoms with Crippen LogP contribution >= 0.6 is 23.2 Å². The summed E-state index contributed by atoms with van der Waals surface area (Å²) >= 11 is 12.3. The fourth-order valence-electron chi connectivity index (χ4n) is 5.76. The summed E-state index contributed by atoms with van der Waals surface area (Å²) in [5.74, 6) is 0.862. The molecule has 6 rings (SSSR count). The Morgan fingerprint density at radius 1 is 1.05 bits per heavy atom. The van der Waals surface area contributed by atoms with Crippen LogP contribution in [-0.2, 0) is 4.79 Å². The summed E-state index contributed by atoms with van der Waals surface area (Å²) in [4.78, 5) is 29.2. The highest BCUT2D eigenvalue weighted by molar-refractivity contribution is 6.42. The standard InChI is InChI=1S/C27H27Cl2FN6O/c28-22-10-20-25(11-23(22)29)33-15-34-27(20)32-13-26(37)36-8-5-18(14-36)35-6-3-16(4-7-35)21-12-31-24-9-17(30)1-2-19(21)24/h1-2,9-12,15-16,18,31H,3-8,13-14H2,(H,32,33,34). The van der Waals surface area contributed by atoms with E-state index in [0.717, 1.165) is 61.7 Å². The second kappa shape index (κ2) is 10.1. The number of nitrogens with one attached hydrogen (secondary N) is 2. The topological polar surface area (TPSA) is 77.2 Å². The zero-order valence-corrected chi connectivity index (χ0v) is 21.7. The minimum atomic E-state index is -0.217. The van der Waals surface area contributed by atoms with Gasteiger partial charge in [0.1, 0.15) is 18.0 Å². The largest absolute Gasteiger partial charge is 0.361 e. The molecule has 0 radical (unpaired) electrons. The lowest BCUT2D eigenvalue weighted by atomic mass is 9.88. The van der Waals surface area contributed by atoms with E-state index >= 15 is 0 Å². The van der Waals surface area contributed by atoms with Crippen LogP contribution in [0.2, 0.25) is 10.0 Å². The van der Waals surface area contributed by atoms with E-state index in [-0.39, 0.29) is 18.3 Å². The molecule has 1 atom stereocenters. The van der Waals surface area contributed by atoms with Crippen LogP contribution in [0.5, 0.6) is 0 Å². The van der Waals surface area contributed by atoms with Gasteiger partial charge in [0.2, 0.25) is 5.91 Å². The number of nitrogens with zero attached hydrogens (tertiary/aromatic N) is 4. The molecule has 0 spiro atoms. The van der Waals surface area contributed by atoms with Crippen LogP contribution in [-0.4, -0.2) is 69.4 Å².